The second-order valence-electron chi connectivity index (χ2n) is 2.97. The molecule has 1 aromatic rings. The average Bonchev–Trinajstić information content (AvgIpc) is 2.39. The molecule has 0 atom stereocenters. The summed E-state index contributed by atoms with van der Waals surface area (Å²) >= 11 is 0. The van der Waals surface area contributed by atoms with E-state index in [0.29, 0.717) is 12.6 Å². The number of ether oxygens (including phenoxy) is 1. The van der Waals surface area contributed by atoms with E-state index in [2.05, 4.69) is 18.8 Å². The van der Waals surface area contributed by atoms with Gasteiger partial charge >= 0.3 is 0 Å². The van der Waals surface area contributed by atoms with Gasteiger partial charge in [-0.3, -0.25) is 0 Å². The van der Waals surface area contributed by atoms with E-state index in [1.54, 1.807) is 12.5 Å². The molecule has 0 amide bonds. The summed E-state index contributed by atoms with van der Waals surface area (Å²) in [5.74, 6) is 0.596. The molecular formula is C8H14N2O. The second kappa shape index (κ2) is 4.13. The molecule has 3 heteroatoms. The maximum absolute atomic E-state index is 5.36. The molecule has 3 nitrogen and oxygen atoms in total. The lowest BCUT2D eigenvalue weighted by atomic mass is 10.2. The smallest absolute Gasteiger partial charge is 0.123 e. The third-order valence-corrected chi connectivity index (χ3v) is 1.25. The Balaban J connectivity index is 2.14. The Morgan fingerprint density at radius 1 is 1.55 bits per heavy atom. The topological polar surface area (TPSA) is 27.1 Å². The maximum atomic E-state index is 5.36. The van der Waals surface area contributed by atoms with Crippen LogP contribution in [0.4, 0.5) is 0 Å². The van der Waals surface area contributed by atoms with Crippen LogP contribution < -0.4 is 0 Å². The summed E-state index contributed by atoms with van der Waals surface area (Å²) in [6.45, 7) is 5.68. The van der Waals surface area contributed by atoms with E-state index in [9.17, 15) is 0 Å². The fourth-order valence-corrected chi connectivity index (χ4v) is 0.757. The lowest BCUT2D eigenvalue weighted by Gasteiger charge is -2.06. The SMILES string of the molecule is CC(C)COCn1ccnc1. The first-order valence-corrected chi connectivity index (χ1v) is 3.82. The molecule has 0 fully saturated rings. The molecule has 0 aliphatic heterocycles. The van der Waals surface area contributed by atoms with E-state index in [1.807, 2.05) is 10.8 Å². The molecule has 11 heavy (non-hydrogen) atoms. The van der Waals surface area contributed by atoms with Gasteiger partial charge in [0.2, 0.25) is 0 Å². The minimum absolute atomic E-state index is 0.596. The zero-order chi connectivity index (χ0) is 8.10. The second-order valence-corrected chi connectivity index (χ2v) is 2.97. The molecule has 0 radical (unpaired) electrons. The number of rotatable bonds is 4. The maximum Gasteiger partial charge on any atom is 0.123 e. The molecule has 0 unspecified atom stereocenters. The summed E-state index contributed by atoms with van der Waals surface area (Å²) in [7, 11) is 0. The van der Waals surface area contributed by atoms with Gasteiger partial charge in [-0.1, -0.05) is 13.8 Å². The van der Waals surface area contributed by atoms with Crippen LogP contribution in [0.3, 0.4) is 0 Å². The lowest BCUT2D eigenvalue weighted by molar-refractivity contribution is 0.0577. The van der Waals surface area contributed by atoms with E-state index >= 15 is 0 Å². The van der Waals surface area contributed by atoms with Gasteiger partial charge in [-0.05, 0) is 5.92 Å². The van der Waals surface area contributed by atoms with Crippen molar-refractivity contribution in [3.8, 4) is 0 Å². The quantitative estimate of drug-likeness (QED) is 0.657. The van der Waals surface area contributed by atoms with Crippen molar-refractivity contribution in [1.29, 1.82) is 0 Å². The van der Waals surface area contributed by atoms with Crippen molar-refractivity contribution in [2.24, 2.45) is 5.92 Å². The highest BCUT2D eigenvalue weighted by Gasteiger charge is 1.93. The normalized spacial score (nSPS) is 10.8. The van der Waals surface area contributed by atoms with Gasteiger partial charge in [0.05, 0.1) is 12.9 Å². The van der Waals surface area contributed by atoms with Crippen molar-refractivity contribution in [3.63, 3.8) is 0 Å². The highest BCUT2D eigenvalue weighted by Crippen LogP contribution is 1.94. The zero-order valence-corrected chi connectivity index (χ0v) is 7.03. The molecule has 0 bridgehead atoms. The Morgan fingerprint density at radius 3 is 2.91 bits per heavy atom. The number of aromatic nitrogens is 2. The van der Waals surface area contributed by atoms with Gasteiger partial charge in [-0.25, -0.2) is 4.98 Å². The highest BCUT2D eigenvalue weighted by molar-refractivity contribution is 4.71. The lowest BCUT2D eigenvalue weighted by Crippen LogP contribution is -2.05. The molecule has 1 heterocycles. The molecule has 62 valence electrons. The molecule has 1 rings (SSSR count). The molecule has 1 aromatic heterocycles. The van der Waals surface area contributed by atoms with Gasteiger partial charge in [0.15, 0.2) is 0 Å². The van der Waals surface area contributed by atoms with Crippen LogP contribution >= 0.6 is 0 Å². The van der Waals surface area contributed by atoms with Gasteiger partial charge in [0.1, 0.15) is 6.73 Å². The van der Waals surface area contributed by atoms with Crippen molar-refractivity contribution < 1.29 is 4.74 Å². The first-order chi connectivity index (χ1) is 5.29. The van der Waals surface area contributed by atoms with Crippen LogP contribution in [-0.2, 0) is 11.5 Å². The monoisotopic (exact) mass is 154 g/mol. The first-order valence-electron chi connectivity index (χ1n) is 3.82. The Bertz CT molecular complexity index is 182. The molecule has 0 aliphatic rings. The Labute approximate surface area is 67.0 Å². The standard InChI is InChI=1S/C8H14N2O/c1-8(2)5-11-7-10-4-3-9-6-10/h3-4,6,8H,5,7H2,1-2H3. The summed E-state index contributed by atoms with van der Waals surface area (Å²) in [5, 5.41) is 0. The fourth-order valence-electron chi connectivity index (χ4n) is 0.757. The van der Waals surface area contributed by atoms with E-state index < -0.39 is 0 Å². The molecule has 0 aromatic carbocycles. The number of imidazole rings is 1. The summed E-state index contributed by atoms with van der Waals surface area (Å²) < 4.78 is 7.27. The number of nitrogens with zero attached hydrogens (tertiary/aromatic N) is 2. The first kappa shape index (κ1) is 8.27. The largest absolute Gasteiger partial charge is 0.360 e. The van der Waals surface area contributed by atoms with Gasteiger partial charge < -0.3 is 9.30 Å². The molecule has 0 aliphatic carbocycles. The van der Waals surface area contributed by atoms with E-state index in [4.69, 9.17) is 4.74 Å². The predicted octanol–water partition coefficient (Wildman–Crippen LogP) is 1.51. The average molecular weight is 154 g/mol. The Hall–Kier alpha value is -0.830. The fraction of sp³-hybridized carbons (Fsp3) is 0.625. The summed E-state index contributed by atoms with van der Waals surface area (Å²) in [5.41, 5.74) is 0. The van der Waals surface area contributed by atoms with Crippen LogP contribution in [0.15, 0.2) is 18.7 Å². The highest BCUT2D eigenvalue weighted by atomic mass is 16.5. The summed E-state index contributed by atoms with van der Waals surface area (Å²) in [6.07, 6.45) is 5.39. The predicted molar refractivity (Wildman–Crippen MR) is 43.0 cm³/mol. The van der Waals surface area contributed by atoms with Gasteiger partial charge in [0, 0.05) is 12.4 Å². The van der Waals surface area contributed by atoms with Crippen LogP contribution in [-0.4, -0.2) is 16.2 Å². The van der Waals surface area contributed by atoms with Gasteiger partial charge in [0.25, 0.3) is 0 Å². The van der Waals surface area contributed by atoms with Gasteiger partial charge in [-0.2, -0.15) is 0 Å². The third kappa shape index (κ3) is 3.18. The van der Waals surface area contributed by atoms with Crippen molar-refractivity contribution in [2.45, 2.75) is 20.6 Å². The minimum Gasteiger partial charge on any atom is -0.360 e. The van der Waals surface area contributed by atoms with Crippen LogP contribution in [0.2, 0.25) is 0 Å². The molecular weight excluding hydrogens is 140 g/mol. The van der Waals surface area contributed by atoms with Crippen LogP contribution in [0, 0.1) is 5.92 Å². The summed E-state index contributed by atoms with van der Waals surface area (Å²) in [4.78, 5) is 3.90. The van der Waals surface area contributed by atoms with Crippen molar-refractivity contribution >= 4 is 0 Å². The van der Waals surface area contributed by atoms with Crippen molar-refractivity contribution in [3.05, 3.63) is 18.7 Å². The summed E-state index contributed by atoms with van der Waals surface area (Å²) in [6, 6.07) is 0. The van der Waals surface area contributed by atoms with Gasteiger partial charge in [-0.15, -0.1) is 0 Å². The van der Waals surface area contributed by atoms with E-state index in [0.717, 1.165) is 6.61 Å². The molecule has 0 saturated heterocycles. The zero-order valence-electron chi connectivity index (χ0n) is 7.03. The number of hydrogen-bond acceptors (Lipinski definition) is 2. The van der Waals surface area contributed by atoms with Crippen LogP contribution in [0.1, 0.15) is 13.8 Å². The Morgan fingerprint density at radius 2 is 2.36 bits per heavy atom. The van der Waals surface area contributed by atoms with E-state index in [1.165, 1.54) is 0 Å². The molecule has 0 spiro atoms. The third-order valence-electron chi connectivity index (χ3n) is 1.25. The minimum atomic E-state index is 0.596. The molecule has 0 saturated carbocycles. The van der Waals surface area contributed by atoms with Crippen molar-refractivity contribution in [2.75, 3.05) is 6.61 Å². The van der Waals surface area contributed by atoms with Crippen LogP contribution in [0.5, 0.6) is 0 Å². The number of hydrogen-bond donors (Lipinski definition) is 0. The van der Waals surface area contributed by atoms with Crippen LogP contribution in [0.25, 0.3) is 0 Å². The van der Waals surface area contributed by atoms with Crippen molar-refractivity contribution in [1.82, 2.24) is 9.55 Å². The Kier molecular flexibility index (Phi) is 3.11. The molecule has 0 N–H and O–H groups in total. The van der Waals surface area contributed by atoms with E-state index in [-0.39, 0.29) is 0 Å².